The van der Waals surface area contributed by atoms with Gasteiger partial charge in [0.15, 0.2) is 0 Å². The largest absolute Gasteiger partial charge is 0.379 e. The number of hydrogen-bond acceptors (Lipinski definition) is 5. The second kappa shape index (κ2) is 13.0. The van der Waals surface area contributed by atoms with Gasteiger partial charge in [-0.15, -0.1) is 0 Å². The van der Waals surface area contributed by atoms with Gasteiger partial charge in [-0.05, 0) is 31.8 Å². The fourth-order valence-corrected chi connectivity index (χ4v) is 3.96. The van der Waals surface area contributed by atoms with E-state index in [1.807, 2.05) is 46.7 Å². The predicted molar refractivity (Wildman–Crippen MR) is 117 cm³/mol. The number of carbonyl (C=O) groups is 3. The minimum atomic E-state index is -0.644. The highest BCUT2D eigenvalue weighted by Crippen LogP contribution is 2.23. The van der Waals surface area contributed by atoms with Gasteiger partial charge in [0.25, 0.3) is 0 Å². The quantitative estimate of drug-likeness (QED) is 0.468. The van der Waals surface area contributed by atoms with Crippen molar-refractivity contribution in [1.29, 1.82) is 0 Å². The van der Waals surface area contributed by atoms with Crippen LogP contribution in [-0.2, 0) is 19.1 Å². The summed E-state index contributed by atoms with van der Waals surface area (Å²) >= 11 is 0. The first-order valence-electron chi connectivity index (χ1n) is 10.6. The molecule has 7 heteroatoms. The molecule has 5 atom stereocenters. The van der Waals surface area contributed by atoms with Crippen molar-refractivity contribution in [3.05, 3.63) is 0 Å². The molecule has 1 N–H and O–H groups in total. The number of hydrogen-bond donors (Lipinski definition) is 1. The van der Waals surface area contributed by atoms with Crippen molar-refractivity contribution in [3.63, 3.8) is 0 Å². The van der Waals surface area contributed by atoms with Crippen molar-refractivity contribution < 1.29 is 19.1 Å². The van der Waals surface area contributed by atoms with Gasteiger partial charge in [0, 0.05) is 20.6 Å². The lowest BCUT2D eigenvalue weighted by Crippen LogP contribution is -2.59. The van der Waals surface area contributed by atoms with Crippen LogP contribution in [0.2, 0.25) is 0 Å². The van der Waals surface area contributed by atoms with Crippen LogP contribution in [0.15, 0.2) is 0 Å². The molecule has 0 aliphatic heterocycles. The molecule has 0 saturated heterocycles. The van der Waals surface area contributed by atoms with E-state index in [1.54, 1.807) is 19.1 Å². The lowest BCUT2D eigenvalue weighted by molar-refractivity contribution is -0.144. The van der Waals surface area contributed by atoms with Gasteiger partial charge in [0.05, 0.1) is 18.2 Å². The van der Waals surface area contributed by atoms with E-state index in [4.69, 9.17) is 4.74 Å². The molecule has 7 nitrogen and oxygen atoms in total. The maximum Gasteiger partial charge on any atom is 0.245 e. The van der Waals surface area contributed by atoms with Gasteiger partial charge >= 0.3 is 0 Å². The van der Waals surface area contributed by atoms with E-state index in [-0.39, 0.29) is 54.2 Å². The van der Waals surface area contributed by atoms with E-state index in [9.17, 15) is 14.4 Å². The van der Waals surface area contributed by atoms with Crippen LogP contribution >= 0.6 is 0 Å². The Hall–Kier alpha value is -1.47. The zero-order chi connectivity index (χ0) is 22.9. The second-order valence-corrected chi connectivity index (χ2v) is 8.88. The van der Waals surface area contributed by atoms with Gasteiger partial charge < -0.3 is 19.7 Å². The highest BCUT2D eigenvalue weighted by Gasteiger charge is 2.37. The van der Waals surface area contributed by atoms with Crippen LogP contribution < -0.4 is 5.32 Å². The zero-order valence-electron chi connectivity index (χ0n) is 20.1. The monoisotopic (exact) mass is 413 g/mol. The summed E-state index contributed by atoms with van der Waals surface area (Å²) in [5.74, 6) is -0.130. The van der Waals surface area contributed by atoms with Crippen molar-refractivity contribution in [2.75, 3.05) is 28.3 Å². The maximum absolute atomic E-state index is 13.4. The standard InChI is InChI=1S/C22H43N3O4/c1-11-16(6)20(17(29-10)12-13-26)25(9)22(28)18(14(2)3)23-21(27)19(15(4)5)24(7)8/h13-20H,11-12H2,1-10H3,(H,23,27)/t16?,17?,18-,19?,20?/m0/s1. The molecular weight excluding hydrogens is 370 g/mol. The minimum absolute atomic E-state index is 0.0754. The molecular formula is C22H43N3O4. The minimum Gasteiger partial charge on any atom is -0.379 e. The van der Waals surface area contributed by atoms with Gasteiger partial charge in [-0.1, -0.05) is 48.0 Å². The molecule has 0 aromatic carbocycles. The molecule has 0 aliphatic rings. The molecule has 2 amide bonds. The number of nitrogens with zero attached hydrogens (tertiary/aromatic N) is 2. The van der Waals surface area contributed by atoms with Crippen molar-refractivity contribution in [2.45, 2.75) is 78.6 Å². The molecule has 0 heterocycles. The van der Waals surface area contributed by atoms with E-state index in [2.05, 4.69) is 19.2 Å². The average Bonchev–Trinajstić information content (AvgIpc) is 2.63. The number of methoxy groups -OCH3 is 1. The summed E-state index contributed by atoms with van der Waals surface area (Å²) in [5.41, 5.74) is 0. The number of amides is 2. The van der Waals surface area contributed by atoms with Crippen LogP contribution in [-0.4, -0.2) is 80.4 Å². The van der Waals surface area contributed by atoms with E-state index in [0.717, 1.165) is 12.7 Å². The van der Waals surface area contributed by atoms with Crippen LogP contribution in [0, 0.1) is 17.8 Å². The summed E-state index contributed by atoms with van der Waals surface area (Å²) in [6.45, 7) is 11.9. The van der Waals surface area contributed by atoms with Crippen molar-refractivity contribution >= 4 is 18.1 Å². The van der Waals surface area contributed by atoms with Crippen LogP contribution in [0.25, 0.3) is 0 Å². The first-order chi connectivity index (χ1) is 13.4. The fourth-order valence-electron chi connectivity index (χ4n) is 3.96. The van der Waals surface area contributed by atoms with Crippen molar-refractivity contribution in [2.24, 2.45) is 17.8 Å². The summed E-state index contributed by atoms with van der Waals surface area (Å²) in [6.07, 6.45) is 1.51. The van der Waals surface area contributed by atoms with Crippen LogP contribution in [0.5, 0.6) is 0 Å². The Morgan fingerprint density at radius 2 is 1.59 bits per heavy atom. The normalized spacial score (nSPS) is 17.0. The Morgan fingerprint density at radius 3 is 1.93 bits per heavy atom. The van der Waals surface area contributed by atoms with Gasteiger partial charge in [0.1, 0.15) is 12.3 Å². The highest BCUT2D eigenvalue weighted by molar-refractivity contribution is 5.90. The molecule has 0 radical (unpaired) electrons. The lowest BCUT2D eigenvalue weighted by atomic mass is 9.90. The van der Waals surface area contributed by atoms with Gasteiger partial charge in [0.2, 0.25) is 11.8 Å². The Labute approximate surface area is 177 Å². The highest BCUT2D eigenvalue weighted by atomic mass is 16.5. The summed E-state index contributed by atoms with van der Waals surface area (Å²) in [5, 5.41) is 2.98. The third-order valence-corrected chi connectivity index (χ3v) is 5.72. The van der Waals surface area contributed by atoms with E-state index >= 15 is 0 Å². The maximum atomic E-state index is 13.4. The summed E-state index contributed by atoms with van der Waals surface area (Å²) < 4.78 is 5.55. The number of carbonyl (C=O) groups excluding carboxylic acids is 3. The predicted octanol–water partition coefficient (Wildman–Crippen LogP) is 2.19. The molecule has 0 spiro atoms. The second-order valence-electron chi connectivity index (χ2n) is 8.88. The Balaban J connectivity index is 5.73. The molecule has 0 aromatic heterocycles. The van der Waals surface area contributed by atoms with Crippen molar-refractivity contribution in [1.82, 2.24) is 15.1 Å². The first-order valence-corrected chi connectivity index (χ1v) is 10.6. The molecule has 0 saturated carbocycles. The third-order valence-electron chi connectivity index (χ3n) is 5.72. The lowest BCUT2D eigenvalue weighted by Gasteiger charge is -2.40. The summed E-state index contributed by atoms with van der Waals surface area (Å²) in [6, 6.07) is -1.22. The molecule has 29 heavy (non-hydrogen) atoms. The molecule has 4 unspecified atom stereocenters. The first kappa shape index (κ1) is 27.5. The van der Waals surface area contributed by atoms with Gasteiger partial charge in [-0.2, -0.15) is 0 Å². The van der Waals surface area contributed by atoms with Crippen LogP contribution in [0.1, 0.15) is 54.4 Å². The SMILES string of the molecule is CCC(C)C(C(CC=O)OC)N(C)C(=O)[C@@H](NC(=O)C(C(C)C)N(C)C)C(C)C. The molecule has 0 fully saturated rings. The fraction of sp³-hybridized carbons (Fsp3) is 0.864. The number of likely N-dealkylation sites (N-methyl/N-ethyl adjacent to an activating group) is 2. The number of rotatable bonds is 13. The van der Waals surface area contributed by atoms with Gasteiger partial charge in [-0.25, -0.2) is 0 Å². The summed E-state index contributed by atoms with van der Waals surface area (Å²) in [4.78, 5) is 41.0. The average molecular weight is 414 g/mol. The molecule has 0 bridgehead atoms. The number of ether oxygens (including phenoxy) is 1. The van der Waals surface area contributed by atoms with Crippen LogP contribution in [0.3, 0.4) is 0 Å². The zero-order valence-corrected chi connectivity index (χ0v) is 20.1. The van der Waals surface area contributed by atoms with E-state index < -0.39 is 6.04 Å². The molecule has 0 rings (SSSR count). The molecule has 0 aliphatic carbocycles. The Bertz CT molecular complexity index is 514. The van der Waals surface area contributed by atoms with Crippen molar-refractivity contribution in [3.8, 4) is 0 Å². The molecule has 0 aromatic rings. The number of nitrogens with one attached hydrogen (secondary N) is 1. The molecule has 170 valence electrons. The summed E-state index contributed by atoms with van der Waals surface area (Å²) in [7, 11) is 7.03. The number of aldehydes is 1. The Morgan fingerprint density at radius 1 is 1.03 bits per heavy atom. The van der Waals surface area contributed by atoms with Crippen LogP contribution in [0.4, 0.5) is 0 Å². The van der Waals surface area contributed by atoms with Gasteiger partial charge in [-0.3, -0.25) is 14.5 Å². The smallest absolute Gasteiger partial charge is 0.245 e. The van der Waals surface area contributed by atoms with E-state index in [0.29, 0.717) is 0 Å². The third kappa shape index (κ3) is 7.70. The topological polar surface area (TPSA) is 79.0 Å². The van der Waals surface area contributed by atoms with E-state index in [1.165, 1.54) is 0 Å². The Kier molecular flexibility index (Phi) is 12.3.